The van der Waals surface area contributed by atoms with Crippen molar-refractivity contribution in [1.82, 2.24) is 0 Å². The number of halogens is 1. The molecule has 0 aliphatic carbocycles. The Morgan fingerprint density at radius 1 is 1.33 bits per heavy atom. The van der Waals surface area contributed by atoms with Gasteiger partial charge in [0.05, 0.1) is 5.02 Å². The van der Waals surface area contributed by atoms with E-state index in [-0.39, 0.29) is 10.8 Å². The van der Waals surface area contributed by atoms with Crippen LogP contribution in [0.15, 0.2) is 0 Å². The van der Waals surface area contributed by atoms with Crippen molar-refractivity contribution in [2.24, 2.45) is 0 Å². The lowest BCUT2D eigenvalue weighted by Crippen LogP contribution is -2.11. The molecule has 0 unspecified atom stereocenters. The van der Waals surface area contributed by atoms with E-state index in [1.807, 2.05) is 6.92 Å². The maximum atomic E-state index is 10.5. The summed E-state index contributed by atoms with van der Waals surface area (Å²) in [4.78, 5) is 10.5. The minimum Gasteiger partial charge on any atom is -0.503 e. The van der Waals surface area contributed by atoms with E-state index in [9.17, 15) is 15.0 Å². The quantitative estimate of drug-likeness (QED) is 0.718. The summed E-state index contributed by atoms with van der Waals surface area (Å²) in [6.45, 7) is 3.01. The Kier molecular flexibility index (Phi) is 4.67. The molecule has 5 nitrogen and oxygen atoms in total. The van der Waals surface area contributed by atoms with Crippen LogP contribution in [-0.2, 0) is 11.2 Å². The fourth-order valence-electron chi connectivity index (χ4n) is 1.69. The number of aromatic hydroxyl groups is 2. The van der Waals surface area contributed by atoms with Crippen molar-refractivity contribution in [2.45, 2.75) is 26.7 Å². The summed E-state index contributed by atoms with van der Waals surface area (Å²) in [6, 6.07) is 0. The molecule has 0 aromatic heterocycles. The van der Waals surface area contributed by atoms with Gasteiger partial charge in [-0.1, -0.05) is 24.9 Å². The molecule has 1 rings (SSSR count). The minimum absolute atomic E-state index is 0.0391. The SMILES string of the molecule is CCCc1c(C)c(OCC(=O)O)c(O)c(O)c1Cl. The Balaban J connectivity index is 3.27. The molecule has 100 valence electrons. The number of rotatable bonds is 5. The van der Waals surface area contributed by atoms with E-state index in [1.165, 1.54) is 0 Å². The summed E-state index contributed by atoms with van der Waals surface area (Å²) in [6.07, 6.45) is 1.39. The van der Waals surface area contributed by atoms with E-state index in [0.29, 0.717) is 17.5 Å². The molecule has 0 aliphatic rings. The second kappa shape index (κ2) is 5.82. The minimum atomic E-state index is -1.17. The normalized spacial score (nSPS) is 10.4. The fourth-order valence-corrected chi connectivity index (χ4v) is 2.02. The van der Waals surface area contributed by atoms with E-state index < -0.39 is 24.1 Å². The number of phenols is 2. The monoisotopic (exact) mass is 274 g/mol. The van der Waals surface area contributed by atoms with Crippen LogP contribution in [0.5, 0.6) is 17.2 Å². The highest BCUT2D eigenvalue weighted by Crippen LogP contribution is 2.46. The van der Waals surface area contributed by atoms with Gasteiger partial charge in [0, 0.05) is 0 Å². The van der Waals surface area contributed by atoms with Crippen molar-refractivity contribution >= 4 is 17.6 Å². The summed E-state index contributed by atoms with van der Waals surface area (Å²) in [5.74, 6) is -2.22. The van der Waals surface area contributed by atoms with Crippen molar-refractivity contribution < 1.29 is 24.9 Å². The van der Waals surface area contributed by atoms with Gasteiger partial charge in [-0.25, -0.2) is 4.79 Å². The molecule has 0 atom stereocenters. The third kappa shape index (κ3) is 2.79. The van der Waals surface area contributed by atoms with Gasteiger partial charge < -0.3 is 20.1 Å². The van der Waals surface area contributed by atoms with Crippen LogP contribution in [0.1, 0.15) is 24.5 Å². The zero-order valence-corrected chi connectivity index (χ0v) is 10.9. The molecule has 0 saturated carbocycles. The first-order valence-corrected chi connectivity index (χ1v) is 5.85. The average molecular weight is 275 g/mol. The average Bonchev–Trinajstić information content (AvgIpc) is 2.31. The van der Waals surface area contributed by atoms with Crippen LogP contribution in [0.3, 0.4) is 0 Å². The Hall–Kier alpha value is -1.62. The lowest BCUT2D eigenvalue weighted by atomic mass is 10.0. The predicted octanol–water partition coefficient (Wildman–Crippen LogP) is 2.48. The number of carboxylic acids is 1. The highest BCUT2D eigenvalue weighted by Gasteiger charge is 2.21. The number of hydrogen-bond donors (Lipinski definition) is 3. The summed E-state index contributed by atoms with van der Waals surface area (Å²) in [7, 11) is 0. The maximum absolute atomic E-state index is 10.5. The first-order chi connectivity index (χ1) is 8.40. The molecule has 0 amide bonds. The molecule has 18 heavy (non-hydrogen) atoms. The number of benzene rings is 1. The Morgan fingerprint density at radius 3 is 2.44 bits per heavy atom. The lowest BCUT2D eigenvalue weighted by Gasteiger charge is -2.16. The molecule has 1 aromatic rings. The van der Waals surface area contributed by atoms with Gasteiger partial charge in [-0.2, -0.15) is 0 Å². The summed E-state index contributed by atoms with van der Waals surface area (Å²) >= 11 is 5.94. The molecular formula is C12H15ClO5. The van der Waals surface area contributed by atoms with Gasteiger partial charge >= 0.3 is 5.97 Å². The van der Waals surface area contributed by atoms with Crippen molar-refractivity contribution in [3.63, 3.8) is 0 Å². The highest BCUT2D eigenvalue weighted by atomic mass is 35.5. The first-order valence-electron chi connectivity index (χ1n) is 5.47. The van der Waals surface area contributed by atoms with E-state index in [0.717, 1.165) is 6.42 Å². The van der Waals surface area contributed by atoms with Gasteiger partial charge in [0.25, 0.3) is 0 Å². The van der Waals surface area contributed by atoms with E-state index in [2.05, 4.69) is 0 Å². The van der Waals surface area contributed by atoms with Gasteiger partial charge in [0.2, 0.25) is 5.75 Å². The zero-order valence-electron chi connectivity index (χ0n) is 10.2. The zero-order chi connectivity index (χ0) is 13.9. The van der Waals surface area contributed by atoms with Gasteiger partial charge in [-0.15, -0.1) is 0 Å². The van der Waals surface area contributed by atoms with Crippen LogP contribution in [0.4, 0.5) is 0 Å². The number of carbonyl (C=O) groups is 1. The number of aliphatic carboxylic acids is 1. The first kappa shape index (κ1) is 14.4. The topological polar surface area (TPSA) is 87.0 Å². The van der Waals surface area contributed by atoms with Crippen molar-refractivity contribution in [2.75, 3.05) is 6.61 Å². The van der Waals surface area contributed by atoms with Gasteiger partial charge in [0.1, 0.15) is 0 Å². The number of carboxylic acid groups (broad SMARTS) is 1. The largest absolute Gasteiger partial charge is 0.503 e. The summed E-state index contributed by atoms with van der Waals surface area (Å²) in [5.41, 5.74) is 1.19. The van der Waals surface area contributed by atoms with Crippen LogP contribution in [-0.4, -0.2) is 27.9 Å². The summed E-state index contributed by atoms with van der Waals surface area (Å²) < 4.78 is 4.98. The molecule has 0 fully saturated rings. The third-order valence-corrected chi connectivity index (χ3v) is 2.95. The molecule has 0 radical (unpaired) electrons. The number of phenolic OH excluding ortho intramolecular Hbond substituents is 2. The van der Waals surface area contributed by atoms with E-state index >= 15 is 0 Å². The molecule has 3 N–H and O–H groups in total. The Labute approximate surface area is 110 Å². The molecule has 0 saturated heterocycles. The molecule has 0 aliphatic heterocycles. The van der Waals surface area contributed by atoms with Crippen LogP contribution in [0, 0.1) is 6.92 Å². The molecular weight excluding hydrogens is 260 g/mol. The van der Waals surface area contributed by atoms with Crippen LogP contribution in [0.25, 0.3) is 0 Å². The van der Waals surface area contributed by atoms with E-state index in [4.69, 9.17) is 21.4 Å². The Morgan fingerprint density at radius 2 is 1.94 bits per heavy atom. The standard InChI is InChI=1S/C12H15ClO5/c1-3-4-7-6(2)12(18-5-8(14)15)11(17)10(16)9(7)13/h16-17H,3-5H2,1-2H3,(H,14,15). The van der Waals surface area contributed by atoms with Gasteiger partial charge in [-0.3, -0.25) is 0 Å². The maximum Gasteiger partial charge on any atom is 0.341 e. The number of hydrogen-bond acceptors (Lipinski definition) is 4. The van der Waals surface area contributed by atoms with Gasteiger partial charge in [0.15, 0.2) is 18.1 Å². The second-order valence-electron chi connectivity index (χ2n) is 3.88. The molecule has 1 aromatic carbocycles. The predicted molar refractivity (Wildman–Crippen MR) is 66.6 cm³/mol. The van der Waals surface area contributed by atoms with E-state index in [1.54, 1.807) is 6.92 Å². The third-order valence-electron chi connectivity index (χ3n) is 2.55. The van der Waals surface area contributed by atoms with Crippen molar-refractivity contribution in [3.05, 3.63) is 16.1 Å². The lowest BCUT2D eigenvalue weighted by molar-refractivity contribution is -0.139. The molecule has 0 spiro atoms. The smallest absolute Gasteiger partial charge is 0.341 e. The fraction of sp³-hybridized carbons (Fsp3) is 0.417. The van der Waals surface area contributed by atoms with Crippen molar-refractivity contribution in [1.29, 1.82) is 0 Å². The van der Waals surface area contributed by atoms with Crippen molar-refractivity contribution in [3.8, 4) is 17.2 Å². The summed E-state index contributed by atoms with van der Waals surface area (Å²) in [5, 5.41) is 28.0. The van der Waals surface area contributed by atoms with Crippen LogP contribution in [0.2, 0.25) is 5.02 Å². The molecule has 0 bridgehead atoms. The highest BCUT2D eigenvalue weighted by molar-refractivity contribution is 6.33. The van der Waals surface area contributed by atoms with Crippen LogP contribution < -0.4 is 4.74 Å². The molecule has 6 heteroatoms. The van der Waals surface area contributed by atoms with Gasteiger partial charge in [-0.05, 0) is 24.5 Å². The Bertz CT molecular complexity index is 470. The van der Waals surface area contributed by atoms with Crippen LogP contribution >= 0.6 is 11.6 Å². The number of ether oxygens (including phenoxy) is 1. The second-order valence-corrected chi connectivity index (χ2v) is 4.25. The molecule has 0 heterocycles.